The van der Waals surface area contributed by atoms with Crippen LogP contribution >= 0.6 is 0 Å². The zero-order valence-electron chi connectivity index (χ0n) is 9.22. The molecule has 15 heavy (non-hydrogen) atoms. The monoisotopic (exact) mass is 206 g/mol. The predicted molar refractivity (Wildman–Crippen MR) is 60.1 cm³/mol. The standard InChI is InChI=1S/C12H18N2O/c1-2-13(11-5-6-11)8-9-14-7-3-4-12(14)10-15/h3-4,7,10-11H,2,5-6,8-9H2,1H3. The Balaban J connectivity index is 1.88. The lowest BCUT2D eigenvalue weighted by molar-refractivity contribution is 0.111. The summed E-state index contributed by atoms with van der Waals surface area (Å²) in [6.45, 7) is 5.29. The van der Waals surface area contributed by atoms with Crippen molar-refractivity contribution in [2.24, 2.45) is 0 Å². The molecule has 0 aromatic carbocycles. The molecule has 0 spiro atoms. The molecule has 1 aliphatic carbocycles. The number of hydrogen-bond acceptors (Lipinski definition) is 2. The molecule has 0 aliphatic heterocycles. The average Bonchev–Trinajstić information content (AvgIpc) is 2.98. The number of rotatable bonds is 6. The van der Waals surface area contributed by atoms with Gasteiger partial charge in [0.25, 0.3) is 0 Å². The first kappa shape index (κ1) is 10.4. The van der Waals surface area contributed by atoms with Crippen molar-refractivity contribution in [1.82, 2.24) is 9.47 Å². The number of aromatic nitrogens is 1. The van der Waals surface area contributed by atoms with Gasteiger partial charge in [-0.3, -0.25) is 9.69 Å². The van der Waals surface area contributed by atoms with Crippen molar-refractivity contribution in [3.8, 4) is 0 Å². The van der Waals surface area contributed by atoms with E-state index in [1.165, 1.54) is 12.8 Å². The molecule has 0 N–H and O–H groups in total. The molecule has 0 unspecified atom stereocenters. The summed E-state index contributed by atoms with van der Waals surface area (Å²) in [6, 6.07) is 4.60. The highest BCUT2D eigenvalue weighted by Crippen LogP contribution is 2.26. The molecule has 0 amide bonds. The second kappa shape index (κ2) is 4.62. The third-order valence-corrected chi connectivity index (χ3v) is 3.08. The Morgan fingerprint density at radius 1 is 1.60 bits per heavy atom. The van der Waals surface area contributed by atoms with E-state index < -0.39 is 0 Å². The van der Waals surface area contributed by atoms with Crippen LogP contribution in [0.1, 0.15) is 30.3 Å². The highest BCUT2D eigenvalue weighted by atomic mass is 16.1. The SMILES string of the molecule is CCN(CCn1cccc1C=O)C1CC1. The van der Waals surface area contributed by atoms with Crippen LogP contribution in [0.15, 0.2) is 18.3 Å². The third kappa shape index (κ3) is 2.48. The molecule has 0 atom stereocenters. The molecule has 0 bridgehead atoms. The number of carbonyl (C=O) groups excluding carboxylic acids is 1. The van der Waals surface area contributed by atoms with Gasteiger partial charge in [0.1, 0.15) is 0 Å². The molecule has 3 heteroatoms. The number of likely N-dealkylation sites (N-methyl/N-ethyl adjacent to an activating group) is 1. The van der Waals surface area contributed by atoms with E-state index in [4.69, 9.17) is 0 Å². The van der Waals surface area contributed by atoms with Gasteiger partial charge in [-0.2, -0.15) is 0 Å². The van der Waals surface area contributed by atoms with Crippen LogP contribution in [0, 0.1) is 0 Å². The molecule has 1 fully saturated rings. The number of aldehydes is 1. The lowest BCUT2D eigenvalue weighted by Crippen LogP contribution is -2.29. The van der Waals surface area contributed by atoms with E-state index in [2.05, 4.69) is 11.8 Å². The van der Waals surface area contributed by atoms with E-state index in [-0.39, 0.29) is 0 Å². The summed E-state index contributed by atoms with van der Waals surface area (Å²) in [7, 11) is 0. The first-order valence-corrected chi connectivity index (χ1v) is 5.69. The van der Waals surface area contributed by atoms with E-state index in [0.29, 0.717) is 0 Å². The van der Waals surface area contributed by atoms with E-state index in [1.807, 2.05) is 22.9 Å². The van der Waals surface area contributed by atoms with Gasteiger partial charge in [0.05, 0.1) is 5.69 Å². The summed E-state index contributed by atoms with van der Waals surface area (Å²) in [5.41, 5.74) is 0.779. The molecular formula is C12H18N2O. The third-order valence-electron chi connectivity index (χ3n) is 3.08. The van der Waals surface area contributed by atoms with Gasteiger partial charge in [-0.25, -0.2) is 0 Å². The zero-order valence-corrected chi connectivity index (χ0v) is 9.22. The van der Waals surface area contributed by atoms with Crippen molar-refractivity contribution >= 4 is 6.29 Å². The van der Waals surface area contributed by atoms with Crippen molar-refractivity contribution in [3.63, 3.8) is 0 Å². The maximum Gasteiger partial charge on any atom is 0.166 e. The Labute approximate surface area is 90.7 Å². The van der Waals surface area contributed by atoms with Crippen LogP contribution in [0.4, 0.5) is 0 Å². The van der Waals surface area contributed by atoms with E-state index in [9.17, 15) is 4.79 Å². The van der Waals surface area contributed by atoms with Crippen molar-refractivity contribution in [3.05, 3.63) is 24.0 Å². The van der Waals surface area contributed by atoms with Crippen LogP contribution in [0.5, 0.6) is 0 Å². The quantitative estimate of drug-likeness (QED) is 0.663. The minimum Gasteiger partial charge on any atom is -0.344 e. The lowest BCUT2D eigenvalue weighted by Gasteiger charge is -2.20. The molecule has 1 saturated carbocycles. The first-order chi connectivity index (χ1) is 7.35. The number of carbonyl (C=O) groups is 1. The van der Waals surface area contributed by atoms with E-state index in [0.717, 1.165) is 37.7 Å². The van der Waals surface area contributed by atoms with Gasteiger partial charge in [0.15, 0.2) is 6.29 Å². The second-order valence-electron chi connectivity index (χ2n) is 4.10. The van der Waals surface area contributed by atoms with E-state index >= 15 is 0 Å². The number of nitrogens with zero attached hydrogens (tertiary/aromatic N) is 2. The summed E-state index contributed by atoms with van der Waals surface area (Å²) in [6.07, 6.45) is 5.60. The highest BCUT2D eigenvalue weighted by molar-refractivity contribution is 5.72. The van der Waals surface area contributed by atoms with Gasteiger partial charge in [-0.1, -0.05) is 6.92 Å². The van der Waals surface area contributed by atoms with Gasteiger partial charge in [-0.05, 0) is 31.5 Å². The van der Waals surface area contributed by atoms with Crippen molar-refractivity contribution in [2.45, 2.75) is 32.4 Å². The van der Waals surface area contributed by atoms with Gasteiger partial charge < -0.3 is 4.57 Å². The van der Waals surface area contributed by atoms with Gasteiger partial charge in [0.2, 0.25) is 0 Å². The largest absolute Gasteiger partial charge is 0.344 e. The molecule has 0 saturated heterocycles. The van der Waals surface area contributed by atoms with Crippen LogP contribution in [0.3, 0.4) is 0 Å². The zero-order chi connectivity index (χ0) is 10.7. The molecule has 1 aromatic heterocycles. The number of hydrogen-bond donors (Lipinski definition) is 0. The van der Waals surface area contributed by atoms with Crippen molar-refractivity contribution < 1.29 is 4.79 Å². The maximum absolute atomic E-state index is 10.7. The molecule has 1 aromatic rings. The van der Waals surface area contributed by atoms with Crippen molar-refractivity contribution in [1.29, 1.82) is 0 Å². The second-order valence-corrected chi connectivity index (χ2v) is 4.10. The lowest BCUT2D eigenvalue weighted by atomic mass is 10.4. The molecule has 2 rings (SSSR count). The van der Waals surface area contributed by atoms with Gasteiger partial charge >= 0.3 is 0 Å². The van der Waals surface area contributed by atoms with Gasteiger partial charge in [0, 0.05) is 25.3 Å². The Morgan fingerprint density at radius 2 is 2.40 bits per heavy atom. The molecule has 1 heterocycles. The fourth-order valence-electron chi connectivity index (χ4n) is 2.01. The Hall–Kier alpha value is -1.09. The molecule has 1 aliphatic rings. The van der Waals surface area contributed by atoms with Crippen LogP contribution < -0.4 is 0 Å². The summed E-state index contributed by atoms with van der Waals surface area (Å²) in [5.74, 6) is 0. The van der Waals surface area contributed by atoms with Crippen LogP contribution in [0.2, 0.25) is 0 Å². The smallest absolute Gasteiger partial charge is 0.166 e. The predicted octanol–water partition coefficient (Wildman–Crippen LogP) is 1.78. The molecule has 3 nitrogen and oxygen atoms in total. The highest BCUT2D eigenvalue weighted by Gasteiger charge is 2.27. The first-order valence-electron chi connectivity index (χ1n) is 5.69. The average molecular weight is 206 g/mol. The summed E-state index contributed by atoms with van der Waals surface area (Å²) in [4.78, 5) is 13.2. The fraction of sp³-hybridized carbons (Fsp3) is 0.583. The van der Waals surface area contributed by atoms with Crippen molar-refractivity contribution in [2.75, 3.05) is 13.1 Å². The molecule has 82 valence electrons. The maximum atomic E-state index is 10.7. The van der Waals surface area contributed by atoms with Crippen LogP contribution in [0.25, 0.3) is 0 Å². The summed E-state index contributed by atoms with van der Waals surface area (Å²) < 4.78 is 2.03. The summed E-state index contributed by atoms with van der Waals surface area (Å²) in [5, 5.41) is 0. The minimum absolute atomic E-state index is 0.779. The Morgan fingerprint density at radius 3 is 3.00 bits per heavy atom. The topological polar surface area (TPSA) is 25.2 Å². The van der Waals surface area contributed by atoms with E-state index in [1.54, 1.807) is 0 Å². The van der Waals surface area contributed by atoms with Crippen LogP contribution in [-0.2, 0) is 6.54 Å². The normalized spacial score (nSPS) is 15.9. The molecule has 0 radical (unpaired) electrons. The summed E-state index contributed by atoms with van der Waals surface area (Å²) >= 11 is 0. The molecular weight excluding hydrogens is 188 g/mol. The minimum atomic E-state index is 0.779. The Bertz CT molecular complexity index is 328. The fourth-order valence-corrected chi connectivity index (χ4v) is 2.01. The van der Waals surface area contributed by atoms with Crippen LogP contribution in [-0.4, -0.2) is 34.9 Å². The van der Waals surface area contributed by atoms with Gasteiger partial charge in [-0.15, -0.1) is 0 Å². The Kier molecular flexibility index (Phi) is 3.21.